The molecule has 0 saturated carbocycles. The quantitative estimate of drug-likeness (QED) is 0.585. The number of benzene rings is 2. The van der Waals surface area contributed by atoms with Crippen molar-refractivity contribution >= 4 is 0 Å². The SMILES string of the molecule is COCCCC[C@@](O)(c1cccc(F)c1Oc1ccc(C)cc1)[C@@H]1CCCNC1. The summed E-state index contributed by atoms with van der Waals surface area (Å²) < 4.78 is 26.0. The van der Waals surface area contributed by atoms with Crippen LogP contribution in [0.5, 0.6) is 11.5 Å². The molecule has 1 aliphatic heterocycles. The minimum atomic E-state index is -1.16. The lowest BCUT2D eigenvalue weighted by atomic mass is 9.74. The molecule has 0 unspecified atom stereocenters. The molecule has 0 bridgehead atoms. The van der Waals surface area contributed by atoms with Crippen molar-refractivity contribution in [2.45, 2.75) is 44.6 Å². The Morgan fingerprint density at radius 1 is 1.17 bits per heavy atom. The van der Waals surface area contributed by atoms with E-state index in [9.17, 15) is 9.50 Å². The average Bonchev–Trinajstić information content (AvgIpc) is 2.74. The van der Waals surface area contributed by atoms with Gasteiger partial charge in [0.25, 0.3) is 0 Å². The van der Waals surface area contributed by atoms with E-state index in [2.05, 4.69) is 5.32 Å². The zero-order chi connectivity index (χ0) is 20.7. The van der Waals surface area contributed by atoms with Gasteiger partial charge in [0.05, 0.1) is 5.60 Å². The molecule has 1 aliphatic rings. The predicted octanol–water partition coefficient (Wildman–Crippen LogP) is 4.93. The van der Waals surface area contributed by atoms with Crippen molar-refractivity contribution in [2.24, 2.45) is 5.92 Å². The summed E-state index contributed by atoms with van der Waals surface area (Å²) in [5.74, 6) is 0.227. The number of unbranched alkanes of at least 4 members (excludes halogenated alkanes) is 1. The van der Waals surface area contributed by atoms with Crippen LogP contribution in [0.25, 0.3) is 0 Å². The van der Waals surface area contributed by atoms with Crippen LogP contribution < -0.4 is 10.1 Å². The van der Waals surface area contributed by atoms with Gasteiger partial charge in [-0.3, -0.25) is 0 Å². The molecule has 4 nitrogen and oxygen atoms in total. The Morgan fingerprint density at radius 3 is 2.66 bits per heavy atom. The molecule has 1 saturated heterocycles. The van der Waals surface area contributed by atoms with Crippen LogP contribution in [-0.2, 0) is 10.3 Å². The van der Waals surface area contributed by atoms with E-state index in [1.807, 2.05) is 31.2 Å². The van der Waals surface area contributed by atoms with Gasteiger partial charge in [0.2, 0.25) is 0 Å². The fourth-order valence-electron chi connectivity index (χ4n) is 4.14. The molecule has 2 aromatic carbocycles. The number of rotatable bonds is 9. The predicted molar refractivity (Wildman–Crippen MR) is 113 cm³/mol. The van der Waals surface area contributed by atoms with Crippen molar-refractivity contribution in [2.75, 3.05) is 26.8 Å². The molecule has 1 heterocycles. The second kappa shape index (κ2) is 10.2. The second-order valence-electron chi connectivity index (χ2n) is 7.95. The van der Waals surface area contributed by atoms with Gasteiger partial charge in [-0.25, -0.2) is 4.39 Å². The topological polar surface area (TPSA) is 50.7 Å². The van der Waals surface area contributed by atoms with E-state index in [0.717, 1.165) is 37.8 Å². The first-order valence-electron chi connectivity index (χ1n) is 10.5. The number of aryl methyl sites for hydroxylation is 1. The highest BCUT2D eigenvalue weighted by atomic mass is 19.1. The lowest BCUT2D eigenvalue weighted by molar-refractivity contribution is -0.0450. The molecular formula is C24H32FNO3. The Hall–Kier alpha value is -1.95. The Bertz CT molecular complexity index is 774. The van der Waals surface area contributed by atoms with Gasteiger partial charge in [0, 0.05) is 31.7 Å². The van der Waals surface area contributed by atoms with Crippen LogP contribution in [0.3, 0.4) is 0 Å². The Labute approximate surface area is 173 Å². The van der Waals surface area contributed by atoms with Crippen LogP contribution in [0.2, 0.25) is 0 Å². The molecule has 5 heteroatoms. The van der Waals surface area contributed by atoms with E-state index in [1.54, 1.807) is 19.2 Å². The Morgan fingerprint density at radius 2 is 1.97 bits per heavy atom. The van der Waals surface area contributed by atoms with Gasteiger partial charge in [0.15, 0.2) is 11.6 Å². The van der Waals surface area contributed by atoms with Crippen LogP contribution in [0.1, 0.15) is 43.2 Å². The van der Waals surface area contributed by atoms with E-state index in [1.165, 1.54) is 6.07 Å². The van der Waals surface area contributed by atoms with Crippen molar-refractivity contribution in [1.82, 2.24) is 5.32 Å². The number of aliphatic hydroxyl groups is 1. The van der Waals surface area contributed by atoms with Gasteiger partial charge in [-0.2, -0.15) is 0 Å². The second-order valence-corrected chi connectivity index (χ2v) is 7.95. The molecule has 2 atom stereocenters. The first kappa shape index (κ1) is 21.8. The number of piperidine rings is 1. The first-order chi connectivity index (χ1) is 14.0. The number of methoxy groups -OCH3 is 1. The average molecular weight is 402 g/mol. The normalized spacial score (nSPS) is 19.0. The van der Waals surface area contributed by atoms with Gasteiger partial charge >= 0.3 is 0 Å². The van der Waals surface area contributed by atoms with Gasteiger partial charge < -0.3 is 19.9 Å². The maximum Gasteiger partial charge on any atom is 0.169 e. The highest BCUT2D eigenvalue weighted by Crippen LogP contribution is 2.44. The van der Waals surface area contributed by atoms with Crippen LogP contribution >= 0.6 is 0 Å². The molecule has 0 aliphatic carbocycles. The van der Waals surface area contributed by atoms with E-state index in [0.29, 0.717) is 30.9 Å². The summed E-state index contributed by atoms with van der Waals surface area (Å²) in [6.45, 7) is 4.30. The van der Waals surface area contributed by atoms with Crippen molar-refractivity contribution in [3.05, 3.63) is 59.4 Å². The number of para-hydroxylation sites is 1. The molecule has 2 aromatic rings. The van der Waals surface area contributed by atoms with E-state index in [-0.39, 0.29) is 11.7 Å². The monoisotopic (exact) mass is 401 g/mol. The third-order valence-electron chi connectivity index (χ3n) is 5.80. The molecule has 0 amide bonds. The molecule has 29 heavy (non-hydrogen) atoms. The van der Waals surface area contributed by atoms with Crippen LogP contribution in [-0.4, -0.2) is 31.9 Å². The van der Waals surface area contributed by atoms with Crippen molar-refractivity contribution in [1.29, 1.82) is 0 Å². The zero-order valence-electron chi connectivity index (χ0n) is 17.4. The van der Waals surface area contributed by atoms with Crippen LogP contribution in [0, 0.1) is 18.7 Å². The molecule has 158 valence electrons. The third-order valence-corrected chi connectivity index (χ3v) is 5.80. The fraction of sp³-hybridized carbons (Fsp3) is 0.500. The standard InChI is InChI=1S/C24H32FNO3/c1-18-10-12-20(13-11-18)29-23-21(8-5-9-22(23)25)24(27,14-3-4-16-28-2)19-7-6-15-26-17-19/h5,8-13,19,26-27H,3-4,6-7,14-17H2,1-2H3/t19-,24+/m1/s1. The number of ether oxygens (including phenoxy) is 2. The summed E-state index contributed by atoms with van der Waals surface area (Å²) in [6, 6.07) is 12.4. The summed E-state index contributed by atoms with van der Waals surface area (Å²) >= 11 is 0. The number of halogens is 1. The Kier molecular flexibility index (Phi) is 7.64. The highest BCUT2D eigenvalue weighted by molar-refractivity contribution is 5.43. The number of hydrogen-bond donors (Lipinski definition) is 2. The zero-order valence-corrected chi connectivity index (χ0v) is 17.4. The number of nitrogens with one attached hydrogen (secondary N) is 1. The number of hydrogen-bond acceptors (Lipinski definition) is 4. The molecule has 3 rings (SSSR count). The van der Waals surface area contributed by atoms with Crippen molar-refractivity contribution < 1.29 is 19.0 Å². The molecule has 0 spiro atoms. The fourth-order valence-corrected chi connectivity index (χ4v) is 4.14. The van der Waals surface area contributed by atoms with Crippen LogP contribution in [0.15, 0.2) is 42.5 Å². The minimum absolute atomic E-state index is 0.000891. The van der Waals surface area contributed by atoms with E-state index in [4.69, 9.17) is 9.47 Å². The first-order valence-corrected chi connectivity index (χ1v) is 10.5. The van der Waals surface area contributed by atoms with Crippen molar-refractivity contribution in [3.63, 3.8) is 0 Å². The minimum Gasteiger partial charge on any atom is -0.454 e. The van der Waals surface area contributed by atoms with Gasteiger partial charge in [0.1, 0.15) is 5.75 Å². The highest BCUT2D eigenvalue weighted by Gasteiger charge is 2.41. The largest absolute Gasteiger partial charge is 0.454 e. The van der Waals surface area contributed by atoms with E-state index >= 15 is 0 Å². The molecule has 0 aromatic heterocycles. The summed E-state index contributed by atoms with van der Waals surface area (Å²) in [6.07, 6.45) is 4.07. The summed E-state index contributed by atoms with van der Waals surface area (Å²) in [5, 5.41) is 15.3. The summed E-state index contributed by atoms with van der Waals surface area (Å²) in [7, 11) is 1.68. The van der Waals surface area contributed by atoms with E-state index < -0.39 is 11.4 Å². The smallest absolute Gasteiger partial charge is 0.169 e. The summed E-state index contributed by atoms with van der Waals surface area (Å²) in [5.41, 5.74) is 0.474. The molecular weight excluding hydrogens is 369 g/mol. The third kappa shape index (κ3) is 5.35. The van der Waals surface area contributed by atoms with Crippen LogP contribution in [0.4, 0.5) is 4.39 Å². The van der Waals surface area contributed by atoms with Gasteiger partial charge in [-0.1, -0.05) is 29.8 Å². The lowest BCUT2D eigenvalue weighted by Gasteiger charge is -2.40. The maximum absolute atomic E-state index is 14.9. The maximum atomic E-state index is 14.9. The van der Waals surface area contributed by atoms with Gasteiger partial charge in [-0.05, 0) is 63.8 Å². The van der Waals surface area contributed by atoms with Crippen molar-refractivity contribution in [3.8, 4) is 11.5 Å². The molecule has 2 N–H and O–H groups in total. The lowest BCUT2D eigenvalue weighted by Crippen LogP contribution is -2.44. The summed E-state index contributed by atoms with van der Waals surface area (Å²) in [4.78, 5) is 0. The molecule has 0 radical (unpaired) electrons. The molecule has 1 fully saturated rings. The van der Waals surface area contributed by atoms with Gasteiger partial charge in [-0.15, -0.1) is 0 Å². The Balaban J connectivity index is 1.95.